The van der Waals surface area contributed by atoms with Gasteiger partial charge in [-0.15, -0.1) is 0 Å². The van der Waals surface area contributed by atoms with Crippen molar-refractivity contribution < 1.29 is 27.1 Å². The van der Waals surface area contributed by atoms with Crippen LogP contribution in [0.5, 0.6) is 0 Å². The molecule has 1 atom stereocenters. The minimum Gasteiger partial charge on any atom is -0.388 e. The second-order valence-electron chi connectivity index (χ2n) is 4.68. The lowest BCUT2D eigenvalue weighted by Crippen LogP contribution is -2.26. The molecule has 0 amide bonds. The van der Waals surface area contributed by atoms with Crippen molar-refractivity contribution in [3.63, 3.8) is 0 Å². The van der Waals surface area contributed by atoms with Crippen molar-refractivity contribution in [1.29, 1.82) is 0 Å². The van der Waals surface area contributed by atoms with Gasteiger partial charge in [-0.05, 0) is 31.2 Å². The third-order valence-electron chi connectivity index (χ3n) is 2.83. The molecule has 0 fully saturated rings. The highest BCUT2D eigenvalue weighted by Gasteiger charge is 2.27. The maximum absolute atomic E-state index is 13.0. The standard InChI is InChI=1S/C13H16F5NO/c1-19(5-3-13(16,17)18)4-2-12(20)9-6-10(14)8-11(15)7-9/h6-8,12,20H,2-5H2,1H3. The van der Waals surface area contributed by atoms with Gasteiger partial charge in [0, 0.05) is 19.2 Å². The number of hydrogen-bond acceptors (Lipinski definition) is 2. The van der Waals surface area contributed by atoms with Crippen LogP contribution < -0.4 is 0 Å². The molecule has 0 aliphatic rings. The van der Waals surface area contributed by atoms with Gasteiger partial charge in [0.25, 0.3) is 0 Å². The average molecular weight is 297 g/mol. The molecule has 0 aromatic heterocycles. The SMILES string of the molecule is CN(CCC(O)c1cc(F)cc(F)c1)CCC(F)(F)F. The van der Waals surface area contributed by atoms with Gasteiger partial charge in [0.15, 0.2) is 0 Å². The smallest absolute Gasteiger partial charge is 0.388 e. The summed E-state index contributed by atoms with van der Waals surface area (Å²) in [4.78, 5) is 1.41. The molecule has 1 N–H and O–H groups in total. The van der Waals surface area contributed by atoms with Gasteiger partial charge in [-0.3, -0.25) is 0 Å². The molecule has 0 bridgehead atoms. The van der Waals surface area contributed by atoms with Crippen LogP contribution in [0.25, 0.3) is 0 Å². The Labute approximate surface area is 113 Å². The van der Waals surface area contributed by atoms with Crippen molar-refractivity contribution in [2.45, 2.75) is 25.1 Å². The van der Waals surface area contributed by atoms with Crippen molar-refractivity contribution in [2.24, 2.45) is 0 Å². The van der Waals surface area contributed by atoms with E-state index in [1.54, 1.807) is 0 Å². The molecule has 0 aliphatic heterocycles. The Kier molecular flexibility index (Phi) is 5.88. The third kappa shape index (κ3) is 6.29. The second kappa shape index (κ2) is 6.99. The first kappa shape index (κ1) is 16.8. The van der Waals surface area contributed by atoms with Gasteiger partial charge in [-0.1, -0.05) is 0 Å². The Morgan fingerprint density at radius 1 is 1.10 bits per heavy atom. The van der Waals surface area contributed by atoms with E-state index in [0.29, 0.717) is 6.07 Å². The molecular formula is C13H16F5NO. The molecular weight excluding hydrogens is 281 g/mol. The summed E-state index contributed by atoms with van der Waals surface area (Å²) in [5.41, 5.74) is 0.0757. The van der Waals surface area contributed by atoms with Crippen LogP contribution in [0, 0.1) is 11.6 Å². The first-order valence-corrected chi connectivity index (χ1v) is 6.07. The highest BCUT2D eigenvalue weighted by Crippen LogP contribution is 2.21. The first-order valence-electron chi connectivity index (χ1n) is 6.07. The van der Waals surface area contributed by atoms with E-state index in [-0.39, 0.29) is 25.1 Å². The molecule has 0 spiro atoms. The lowest BCUT2D eigenvalue weighted by atomic mass is 10.1. The number of benzene rings is 1. The predicted molar refractivity (Wildman–Crippen MR) is 64.1 cm³/mol. The van der Waals surface area contributed by atoms with E-state index in [1.165, 1.54) is 11.9 Å². The van der Waals surface area contributed by atoms with Gasteiger partial charge in [0.1, 0.15) is 11.6 Å². The summed E-state index contributed by atoms with van der Waals surface area (Å²) in [6.07, 6.45) is -6.18. The zero-order chi connectivity index (χ0) is 15.3. The monoisotopic (exact) mass is 297 g/mol. The Morgan fingerprint density at radius 2 is 1.65 bits per heavy atom. The van der Waals surface area contributed by atoms with E-state index < -0.39 is 30.3 Å². The third-order valence-corrected chi connectivity index (χ3v) is 2.83. The maximum atomic E-state index is 13.0. The van der Waals surface area contributed by atoms with Gasteiger partial charge >= 0.3 is 6.18 Å². The van der Waals surface area contributed by atoms with Gasteiger partial charge in [-0.25, -0.2) is 8.78 Å². The molecule has 0 heterocycles. The molecule has 1 aromatic carbocycles. The largest absolute Gasteiger partial charge is 0.390 e. The topological polar surface area (TPSA) is 23.5 Å². The molecule has 2 nitrogen and oxygen atoms in total. The fraction of sp³-hybridized carbons (Fsp3) is 0.538. The summed E-state index contributed by atoms with van der Waals surface area (Å²) in [5, 5.41) is 9.76. The Hall–Kier alpha value is -1.21. The van der Waals surface area contributed by atoms with Crippen LogP contribution in [-0.4, -0.2) is 36.3 Å². The minimum atomic E-state index is -4.22. The zero-order valence-electron chi connectivity index (χ0n) is 10.9. The van der Waals surface area contributed by atoms with Gasteiger partial charge in [-0.2, -0.15) is 13.2 Å². The number of nitrogens with zero attached hydrogens (tertiary/aromatic N) is 1. The zero-order valence-corrected chi connectivity index (χ0v) is 10.9. The number of aliphatic hydroxyl groups excluding tert-OH is 1. The molecule has 0 radical (unpaired) electrons. The number of halogens is 5. The molecule has 1 unspecified atom stereocenters. The van der Waals surface area contributed by atoms with E-state index >= 15 is 0 Å². The molecule has 7 heteroatoms. The van der Waals surface area contributed by atoms with Crippen molar-refractivity contribution >= 4 is 0 Å². The van der Waals surface area contributed by atoms with E-state index in [9.17, 15) is 27.1 Å². The first-order chi connectivity index (χ1) is 9.17. The summed E-state index contributed by atoms with van der Waals surface area (Å²) >= 11 is 0. The Morgan fingerprint density at radius 3 is 2.15 bits per heavy atom. The van der Waals surface area contributed by atoms with Crippen LogP contribution in [0.2, 0.25) is 0 Å². The maximum Gasteiger partial charge on any atom is 0.390 e. The van der Waals surface area contributed by atoms with Crippen molar-refractivity contribution in [3.05, 3.63) is 35.4 Å². The normalized spacial score (nSPS) is 13.8. The lowest BCUT2D eigenvalue weighted by Gasteiger charge is -2.19. The van der Waals surface area contributed by atoms with E-state index in [0.717, 1.165) is 12.1 Å². The highest BCUT2D eigenvalue weighted by atomic mass is 19.4. The Balaban J connectivity index is 2.44. The van der Waals surface area contributed by atoms with Crippen LogP contribution in [0.4, 0.5) is 22.0 Å². The van der Waals surface area contributed by atoms with E-state index in [2.05, 4.69) is 0 Å². The van der Waals surface area contributed by atoms with Crippen LogP contribution in [0.15, 0.2) is 18.2 Å². The summed E-state index contributed by atoms with van der Waals surface area (Å²) in [6, 6.07) is 2.69. The summed E-state index contributed by atoms with van der Waals surface area (Å²) in [6.45, 7) is 0.00309. The molecule has 20 heavy (non-hydrogen) atoms. The van der Waals surface area contributed by atoms with Crippen molar-refractivity contribution in [2.75, 3.05) is 20.1 Å². The molecule has 114 valence electrons. The van der Waals surface area contributed by atoms with E-state index in [4.69, 9.17) is 0 Å². The van der Waals surface area contributed by atoms with Crippen LogP contribution in [0.3, 0.4) is 0 Å². The van der Waals surface area contributed by atoms with E-state index in [1.807, 2.05) is 0 Å². The van der Waals surface area contributed by atoms with Crippen LogP contribution in [0.1, 0.15) is 24.5 Å². The summed E-state index contributed by atoms with van der Waals surface area (Å²) < 4.78 is 61.9. The second-order valence-corrected chi connectivity index (χ2v) is 4.68. The van der Waals surface area contributed by atoms with Crippen LogP contribution >= 0.6 is 0 Å². The molecule has 0 saturated carbocycles. The van der Waals surface area contributed by atoms with Gasteiger partial charge in [0.05, 0.1) is 12.5 Å². The highest BCUT2D eigenvalue weighted by molar-refractivity contribution is 5.20. The van der Waals surface area contributed by atoms with Crippen molar-refractivity contribution in [1.82, 2.24) is 4.90 Å². The molecule has 1 rings (SSSR count). The summed E-state index contributed by atoms with van der Waals surface area (Å²) in [7, 11) is 1.49. The quantitative estimate of drug-likeness (QED) is 0.815. The predicted octanol–water partition coefficient (Wildman–Crippen LogP) is 3.27. The fourth-order valence-electron chi connectivity index (χ4n) is 1.71. The number of rotatable bonds is 6. The molecule has 0 saturated heterocycles. The average Bonchev–Trinajstić information content (AvgIpc) is 2.31. The number of aliphatic hydroxyl groups is 1. The number of hydrogen-bond donors (Lipinski definition) is 1. The van der Waals surface area contributed by atoms with Crippen molar-refractivity contribution in [3.8, 4) is 0 Å². The minimum absolute atomic E-state index is 0.0757. The molecule has 0 aliphatic carbocycles. The summed E-state index contributed by atoms with van der Waals surface area (Å²) in [5.74, 6) is -1.60. The lowest BCUT2D eigenvalue weighted by molar-refractivity contribution is -0.137. The molecule has 1 aromatic rings. The Bertz CT molecular complexity index is 415. The number of alkyl halides is 3. The van der Waals surface area contributed by atoms with Gasteiger partial charge in [0.2, 0.25) is 0 Å². The van der Waals surface area contributed by atoms with Crippen LogP contribution in [-0.2, 0) is 0 Å². The fourth-order valence-corrected chi connectivity index (χ4v) is 1.71. The van der Waals surface area contributed by atoms with Gasteiger partial charge < -0.3 is 10.0 Å².